The van der Waals surface area contributed by atoms with E-state index in [2.05, 4.69) is 15.6 Å². The van der Waals surface area contributed by atoms with Crippen molar-refractivity contribution in [3.8, 4) is 11.3 Å². The summed E-state index contributed by atoms with van der Waals surface area (Å²) in [6.45, 7) is 5.65. The number of rotatable bonds is 4. The maximum absolute atomic E-state index is 12.1. The van der Waals surface area contributed by atoms with Gasteiger partial charge in [0.05, 0.1) is 6.20 Å². The number of aromatic nitrogens is 1. The summed E-state index contributed by atoms with van der Waals surface area (Å²) in [4.78, 5) is 16.2. The first-order valence-electron chi connectivity index (χ1n) is 7.18. The molecule has 0 spiro atoms. The average Bonchev–Trinajstić information content (AvgIpc) is 2.84. The molecule has 22 heavy (non-hydrogen) atoms. The van der Waals surface area contributed by atoms with E-state index in [0.717, 1.165) is 30.1 Å². The molecule has 2 aromatic rings. The Morgan fingerprint density at radius 1 is 1.36 bits per heavy atom. The number of benzene rings is 1. The minimum absolute atomic E-state index is 0. The zero-order chi connectivity index (χ0) is 14.8. The lowest BCUT2D eigenvalue weighted by atomic mass is 9.88. The van der Waals surface area contributed by atoms with Crippen molar-refractivity contribution in [2.75, 3.05) is 18.4 Å². The monoisotopic (exact) mass is 321 g/mol. The number of carbonyl (C=O) groups is 1. The van der Waals surface area contributed by atoms with E-state index in [-0.39, 0.29) is 24.2 Å². The molecule has 1 fully saturated rings. The van der Waals surface area contributed by atoms with Crippen LogP contribution < -0.4 is 10.6 Å². The Morgan fingerprint density at radius 3 is 2.55 bits per heavy atom. The number of aryl methyl sites for hydroxylation is 1. The molecule has 5 nitrogen and oxygen atoms in total. The van der Waals surface area contributed by atoms with Crippen LogP contribution in [0.1, 0.15) is 12.8 Å². The van der Waals surface area contributed by atoms with Gasteiger partial charge in [-0.1, -0.05) is 6.92 Å². The van der Waals surface area contributed by atoms with Crippen LogP contribution in [0.4, 0.5) is 5.69 Å². The average molecular weight is 322 g/mol. The maximum atomic E-state index is 12.1. The van der Waals surface area contributed by atoms with Crippen molar-refractivity contribution in [2.45, 2.75) is 13.8 Å². The third-order valence-electron chi connectivity index (χ3n) is 3.99. The van der Waals surface area contributed by atoms with E-state index in [9.17, 15) is 4.79 Å². The molecular formula is C16H20ClN3O2. The third kappa shape index (κ3) is 3.48. The number of anilines is 1. The van der Waals surface area contributed by atoms with Crippen LogP contribution in [0.15, 0.2) is 34.9 Å². The third-order valence-corrected chi connectivity index (χ3v) is 3.99. The van der Waals surface area contributed by atoms with Gasteiger partial charge in [0.25, 0.3) is 0 Å². The number of hydrogen-bond acceptors (Lipinski definition) is 4. The van der Waals surface area contributed by atoms with Crippen LogP contribution in [0.5, 0.6) is 0 Å². The molecule has 1 aliphatic rings. The molecule has 6 heteroatoms. The van der Waals surface area contributed by atoms with Crippen molar-refractivity contribution in [3.05, 3.63) is 36.4 Å². The first kappa shape index (κ1) is 16.5. The van der Waals surface area contributed by atoms with Crippen molar-refractivity contribution in [2.24, 2.45) is 11.8 Å². The predicted octanol–water partition coefficient (Wildman–Crippen LogP) is 2.87. The van der Waals surface area contributed by atoms with Gasteiger partial charge in [0.1, 0.15) is 0 Å². The summed E-state index contributed by atoms with van der Waals surface area (Å²) in [6, 6.07) is 7.62. The normalized spacial score (nSPS) is 15.5. The molecule has 1 aliphatic heterocycles. The maximum Gasteiger partial charge on any atom is 0.227 e. The molecule has 118 valence electrons. The summed E-state index contributed by atoms with van der Waals surface area (Å²) in [6.07, 6.45) is 1.70. The van der Waals surface area contributed by atoms with Crippen LogP contribution in [-0.2, 0) is 4.79 Å². The highest BCUT2D eigenvalue weighted by Crippen LogP contribution is 2.23. The van der Waals surface area contributed by atoms with Crippen LogP contribution in [0.3, 0.4) is 0 Å². The first-order valence-corrected chi connectivity index (χ1v) is 7.18. The van der Waals surface area contributed by atoms with Crippen LogP contribution in [-0.4, -0.2) is 24.0 Å². The fourth-order valence-electron chi connectivity index (χ4n) is 2.35. The van der Waals surface area contributed by atoms with Gasteiger partial charge >= 0.3 is 0 Å². The van der Waals surface area contributed by atoms with E-state index in [1.165, 1.54) is 0 Å². The molecule has 1 saturated heterocycles. The van der Waals surface area contributed by atoms with E-state index in [1.54, 1.807) is 6.20 Å². The molecule has 0 aliphatic carbocycles. The second-order valence-corrected chi connectivity index (χ2v) is 5.52. The molecule has 0 saturated carbocycles. The second kappa shape index (κ2) is 6.94. The molecule has 2 N–H and O–H groups in total. The summed E-state index contributed by atoms with van der Waals surface area (Å²) in [7, 11) is 0. The number of oxazole rings is 1. The minimum atomic E-state index is 0. The lowest BCUT2D eigenvalue weighted by Crippen LogP contribution is -2.48. The number of nitrogens with one attached hydrogen (secondary N) is 2. The van der Waals surface area contributed by atoms with Crippen molar-refractivity contribution in [1.29, 1.82) is 0 Å². The summed E-state index contributed by atoms with van der Waals surface area (Å²) >= 11 is 0. The Morgan fingerprint density at radius 2 is 2.05 bits per heavy atom. The van der Waals surface area contributed by atoms with E-state index in [4.69, 9.17) is 4.42 Å². The molecule has 1 unspecified atom stereocenters. The van der Waals surface area contributed by atoms with Gasteiger partial charge in [-0.05, 0) is 43.3 Å². The van der Waals surface area contributed by atoms with Gasteiger partial charge in [0.15, 0.2) is 11.7 Å². The molecule has 2 heterocycles. The van der Waals surface area contributed by atoms with Gasteiger partial charge in [-0.2, -0.15) is 0 Å². The zero-order valence-corrected chi connectivity index (χ0v) is 13.4. The topological polar surface area (TPSA) is 67.2 Å². The molecule has 1 aromatic heterocycles. The highest BCUT2D eigenvalue weighted by molar-refractivity contribution is 5.92. The lowest BCUT2D eigenvalue weighted by Gasteiger charge is -2.31. The molecule has 3 rings (SSSR count). The summed E-state index contributed by atoms with van der Waals surface area (Å²) in [5, 5.41) is 6.15. The number of amides is 1. The van der Waals surface area contributed by atoms with E-state index in [0.29, 0.717) is 11.8 Å². The van der Waals surface area contributed by atoms with Gasteiger partial charge < -0.3 is 15.1 Å². The van der Waals surface area contributed by atoms with Gasteiger partial charge in [-0.25, -0.2) is 4.98 Å². The van der Waals surface area contributed by atoms with Gasteiger partial charge in [0, 0.05) is 24.1 Å². The number of carbonyl (C=O) groups excluding carboxylic acids is 1. The summed E-state index contributed by atoms with van der Waals surface area (Å²) in [5.41, 5.74) is 1.75. The Balaban J connectivity index is 0.00000176. The van der Waals surface area contributed by atoms with Crippen LogP contribution in [0.2, 0.25) is 0 Å². The van der Waals surface area contributed by atoms with Crippen LogP contribution in [0, 0.1) is 18.8 Å². The Labute approximate surface area is 135 Å². The van der Waals surface area contributed by atoms with Crippen molar-refractivity contribution < 1.29 is 9.21 Å². The van der Waals surface area contributed by atoms with Crippen molar-refractivity contribution in [1.82, 2.24) is 10.3 Å². The van der Waals surface area contributed by atoms with Crippen LogP contribution >= 0.6 is 12.4 Å². The van der Waals surface area contributed by atoms with E-state index in [1.807, 2.05) is 38.1 Å². The van der Waals surface area contributed by atoms with Crippen molar-refractivity contribution in [3.63, 3.8) is 0 Å². The Bertz CT molecular complexity index is 635. The SMILES string of the molecule is Cc1ncc(-c2ccc(NC(=O)C(C)C3CNC3)cc2)o1.Cl. The number of halogens is 1. The second-order valence-electron chi connectivity index (χ2n) is 5.52. The highest BCUT2D eigenvalue weighted by atomic mass is 35.5. The van der Waals surface area contributed by atoms with Gasteiger partial charge in [0.2, 0.25) is 5.91 Å². The minimum Gasteiger partial charge on any atom is -0.441 e. The quantitative estimate of drug-likeness (QED) is 0.908. The fourth-order valence-corrected chi connectivity index (χ4v) is 2.35. The van der Waals surface area contributed by atoms with Gasteiger partial charge in [-0.15, -0.1) is 12.4 Å². The fraction of sp³-hybridized carbons (Fsp3) is 0.375. The Kier molecular flexibility index (Phi) is 5.21. The zero-order valence-electron chi connectivity index (χ0n) is 12.6. The lowest BCUT2D eigenvalue weighted by molar-refractivity contribution is -0.121. The summed E-state index contributed by atoms with van der Waals surface area (Å²) < 4.78 is 5.48. The van der Waals surface area contributed by atoms with Crippen molar-refractivity contribution >= 4 is 24.0 Å². The molecular weight excluding hydrogens is 302 g/mol. The van der Waals surface area contributed by atoms with E-state index < -0.39 is 0 Å². The smallest absolute Gasteiger partial charge is 0.227 e. The largest absolute Gasteiger partial charge is 0.441 e. The number of nitrogens with zero attached hydrogens (tertiary/aromatic N) is 1. The molecule has 0 radical (unpaired) electrons. The first-order chi connectivity index (χ1) is 10.1. The van der Waals surface area contributed by atoms with E-state index >= 15 is 0 Å². The predicted molar refractivity (Wildman–Crippen MR) is 88.1 cm³/mol. The Hall–Kier alpha value is -1.85. The summed E-state index contributed by atoms with van der Waals surface area (Å²) in [5.74, 6) is 1.93. The molecule has 0 bridgehead atoms. The highest BCUT2D eigenvalue weighted by Gasteiger charge is 2.28. The molecule has 1 atom stereocenters. The number of hydrogen-bond donors (Lipinski definition) is 2. The molecule has 1 aromatic carbocycles. The standard InChI is InChI=1S/C16H19N3O2.ClH/c1-10(13-7-17-8-13)16(20)19-14-5-3-12(4-6-14)15-9-18-11(2)21-15;/h3-6,9-10,13,17H,7-8H2,1-2H3,(H,19,20);1H. The van der Waals surface area contributed by atoms with Crippen LogP contribution in [0.25, 0.3) is 11.3 Å². The molecule has 1 amide bonds. The van der Waals surface area contributed by atoms with Gasteiger partial charge in [-0.3, -0.25) is 4.79 Å².